The Morgan fingerprint density at radius 1 is 1.36 bits per heavy atom. The van der Waals surface area contributed by atoms with Crippen LogP contribution in [0.2, 0.25) is 0 Å². The van der Waals surface area contributed by atoms with Crippen LogP contribution in [0.4, 0.5) is 0 Å². The second-order valence-electron chi connectivity index (χ2n) is 2.43. The van der Waals surface area contributed by atoms with E-state index in [1.165, 1.54) is 6.42 Å². The Morgan fingerprint density at radius 3 is 1.55 bits per heavy atom. The molecule has 0 aliphatic carbocycles. The van der Waals surface area contributed by atoms with Gasteiger partial charge in [-0.15, -0.1) is 17.0 Å². The molecule has 1 nitrogen and oxygen atoms in total. The Balaban J connectivity index is -0.0000000383. The summed E-state index contributed by atoms with van der Waals surface area (Å²) in [6, 6.07) is 0. The number of aliphatic hydroxyl groups is 1. The third-order valence-electron chi connectivity index (χ3n) is 0.719. The van der Waals surface area contributed by atoms with Crippen LogP contribution in [0.15, 0.2) is 0 Å². The SMILES string of the molecule is Br.CC(C)CO.[CH2-]CCC.[Mg+2]. The Bertz CT molecular complexity index is 41.1. The standard InChI is InChI=1S/C4H10O.C4H9.BrH.Mg/c1-4(2)3-5;1-3-4-2;;/h4-5H,3H2,1-2H3;1,3-4H2,2H3;1H;/q;-1;;+2. The second-order valence-corrected chi connectivity index (χ2v) is 2.43. The first-order valence-corrected chi connectivity index (χ1v) is 3.59. The largest absolute Gasteiger partial charge is 2.00 e. The third kappa shape index (κ3) is 53.7. The first-order valence-electron chi connectivity index (χ1n) is 3.59. The molecule has 0 saturated heterocycles. The molecule has 3 heteroatoms. The number of aliphatic hydroxyl groups excluding tert-OH is 1. The smallest absolute Gasteiger partial charge is 0.396 e. The molecule has 0 radical (unpaired) electrons. The molecule has 0 atom stereocenters. The maximum atomic E-state index is 8.14. The third-order valence-corrected chi connectivity index (χ3v) is 0.719. The second kappa shape index (κ2) is 22.5. The summed E-state index contributed by atoms with van der Waals surface area (Å²) in [4.78, 5) is 0. The van der Waals surface area contributed by atoms with Crippen molar-refractivity contribution in [2.45, 2.75) is 33.6 Å². The number of rotatable bonds is 2. The molecule has 11 heavy (non-hydrogen) atoms. The van der Waals surface area contributed by atoms with Gasteiger partial charge in [-0.25, -0.2) is 0 Å². The number of hydrogen-bond donors (Lipinski definition) is 1. The minimum absolute atomic E-state index is 0. The van der Waals surface area contributed by atoms with Gasteiger partial charge in [-0.1, -0.05) is 27.2 Å². The summed E-state index contributed by atoms with van der Waals surface area (Å²) >= 11 is 0. The van der Waals surface area contributed by atoms with Gasteiger partial charge in [0.2, 0.25) is 0 Å². The van der Waals surface area contributed by atoms with Gasteiger partial charge in [0, 0.05) is 6.61 Å². The van der Waals surface area contributed by atoms with Gasteiger partial charge >= 0.3 is 23.1 Å². The van der Waals surface area contributed by atoms with Crippen molar-refractivity contribution >= 4 is 40.0 Å². The molecule has 0 unspecified atom stereocenters. The van der Waals surface area contributed by atoms with E-state index in [-0.39, 0.29) is 40.0 Å². The first kappa shape index (κ1) is 22.8. The van der Waals surface area contributed by atoms with Crippen molar-refractivity contribution in [2.75, 3.05) is 6.61 Å². The topological polar surface area (TPSA) is 20.2 Å². The molecule has 0 saturated carbocycles. The van der Waals surface area contributed by atoms with E-state index in [1.807, 2.05) is 13.8 Å². The van der Waals surface area contributed by atoms with E-state index in [0.29, 0.717) is 12.5 Å². The van der Waals surface area contributed by atoms with Crippen molar-refractivity contribution in [1.82, 2.24) is 0 Å². The van der Waals surface area contributed by atoms with Crippen molar-refractivity contribution in [2.24, 2.45) is 5.92 Å². The van der Waals surface area contributed by atoms with Crippen LogP contribution in [0.1, 0.15) is 33.6 Å². The molecular weight excluding hydrogens is 216 g/mol. The molecule has 0 heterocycles. The van der Waals surface area contributed by atoms with Crippen molar-refractivity contribution in [3.63, 3.8) is 0 Å². The van der Waals surface area contributed by atoms with E-state index in [1.54, 1.807) is 0 Å². The molecule has 0 fully saturated rings. The zero-order valence-electron chi connectivity index (χ0n) is 7.97. The van der Waals surface area contributed by atoms with Crippen molar-refractivity contribution < 1.29 is 5.11 Å². The van der Waals surface area contributed by atoms with Crippen LogP contribution in [0.3, 0.4) is 0 Å². The first-order chi connectivity index (χ1) is 4.18. The van der Waals surface area contributed by atoms with Crippen molar-refractivity contribution in [1.29, 1.82) is 0 Å². The van der Waals surface area contributed by atoms with E-state index in [4.69, 9.17) is 5.11 Å². The van der Waals surface area contributed by atoms with E-state index in [0.717, 1.165) is 6.42 Å². The van der Waals surface area contributed by atoms with Crippen LogP contribution in [-0.4, -0.2) is 34.8 Å². The van der Waals surface area contributed by atoms with E-state index in [9.17, 15) is 0 Å². The summed E-state index contributed by atoms with van der Waals surface area (Å²) in [6.07, 6.45) is 2.28. The average molecular weight is 236 g/mol. The predicted octanol–water partition coefficient (Wildman–Crippen LogP) is 2.45. The molecule has 66 valence electrons. The normalized spacial score (nSPS) is 7.09. The van der Waals surface area contributed by atoms with Gasteiger partial charge in [0.15, 0.2) is 0 Å². The maximum absolute atomic E-state index is 8.14. The van der Waals surface area contributed by atoms with E-state index < -0.39 is 0 Å². The Labute approximate surface area is 97.9 Å². The van der Waals surface area contributed by atoms with Crippen LogP contribution in [-0.2, 0) is 0 Å². The minimum atomic E-state index is 0. The number of unbranched alkanes of at least 4 members (excludes halogenated alkanes) is 1. The molecule has 0 aliphatic rings. The average Bonchev–Trinajstić information content (AvgIpc) is 1.89. The number of halogens is 1. The fourth-order valence-corrected chi connectivity index (χ4v) is 0. The molecule has 0 aromatic heterocycles. The van der Waals surface area contributed by atoms with Crippen LogP contribution >= 0.6 is 17.0 Å². The van der Waals surface area contributed by atoms with E-state index in [2.05, 4.69) is 13.8 Å². The predicted molar refractivity (Wildman–Crippen MR) is 58.3 cm³/mol. The zero-order chi connectivity index (χ0) is 7.70. The van der Waals surface area contributed by atoms with Gasteiger partial charge in [-0.3, -0.25) is 0 Å². The van der Waals surface area contributed by atoms with Gasteiger partial charge < -0.3 is 12.0 Å². The van der Waals surface area contributed by atoms with Crippen molar-refractivity contribution in [3.05, 3.63) is 6.92 Å². The Morgan fingerprint density at radius 2 is 1.55 bits per heavy atom. The molecule has 0 aromatic carbocycles. The molecule has 1 N–H and O–H groups in total. The summed E-state index contributed by atoms with van der Waals surface area (Å²) in [6.45, 7) is 9.97. The van der Waals surface area contributed by atoms with Crippen LogP contribution in [0.25, 0.3) is 0 Å². The summed E-state index contributed by atoms with van der Waals surface area (Å²) in [7, 11) is 0. The molecule has 0 bridgehead atoms. The van der Waals surface area contributed by atoms with E-state index >= 15 is 0 Å². The molecule has 0 spiro atoms. The quantitative estimate of drug-likeness (QED) is 0.577. The molecular formula is C8H20BrMgO+. The molecule has 0 amide bonds. The fourth-order valence-electron chi connectivity index (χ4n) is 0. The fraction of sp³-hybridized carbons (Fsp3) is 0.875. The summed E-state index contributed by atoms with van der Waals surface area (Å²) in [5, 5.41) is 8.14. The summed E-state index contributed by atoms with van der Waals surface area (Å²) < 4.78 is 0. The zero-order valence-corrected chi connectivity index (χ0v) is 11.1. The van der Waals surface area contributed by atoms with Gasteiger partial charge in [0.25, 0.3) is 0 Å². The monoisotopic (exact) mass is 235 g/mol. The van der Waals surface area contributed by atoms with Gasteiger partial charge in [-0.2, -0.15) is 6.42 Å². The number of hydrogen-bond acceptors (Lipinski definition) is 1. The van der Waals surface area contributed by atoms with Gasteiger partial charge in [-0.05, 0) is 5.92 Å². The summed E-state index contributed by atoms with van der Waals surface area (Å²) in [5.41, 5.74) is 0. The van der Waals surface area contributed by atoms with Crippen LogP contribution in [0.5, 0.6) is 0 Å². The van der Waals surface area contributed by atoms with Crippen LogP contribution in [0, 0.1) is 12.8 Å². The molecule has 0 aliphatic heterocycles. The summed E-state index contributed by atoms with van der Waals surface area (Å²) in [5.74, 6) is 0.440. The van der Waals surface area contributed by atoms with Crippen LogP contribution < -0.4 is 0 Å². The van der Waals surface area contributed by atoms with Crippen molar-refractivity contribution in [3.8, 4) is 0 Å². The Kier molecular flexibility index (Phi) is 46.5. The van der Waals surface area contributed by atoms with Gasteiger partial charge in [0.1, 0.15) is 0 Å². The minimum Gasteiger partial charge on any atom is -0.396 e. The molecule has 0 rings (SSSR count). The molecule has 0 aromatic rings. The maximum Gasteiger partial charge on any atom is 2.00 e. The Hall–Kier alpha value is 1.21. The van der Waals surface area contributed by atoms with Gasteiger partial charge in [0.05, 0.1) is 0 Å².